The highest BCUT2D eigenvalue weighted by atomic mass is 32.2. The summed E-state index contributed by atoms with van der Waals surface area (Å²) in [7, 11) is -3.17. The summed E-state index contributed by atoms with van der Waals surface area (Å²) in [5, 5.41) is 2.59. The van der Waals surface area contributed by atoms with Gasteiger partial charge in [-0.2, -0.15) is 0 Å². The van der Waals surface area contributed by atoms with E-state index in [0.717, 1.165) is 11.4 Å². The summed E-state index contributed by atoms with van der Waals surface area (Å²) >= 11 is 1.43. The van der Waals surface area contributed by atoms with Crippen molar-refractivity contribution >= 4 is 21.4 Å². The highest BCUT2D eigenvalue weighted by Crippen LogP contribution is 2.04. The van der Waals surface area contributed by atoms with E-state index in [9.17, 15) is 8.42 Å². The van der Waals surface area contributed by atoms with Crippen molar-refractivity contribution in [1.29, 1.82) is 0 Å². The molecule has 3 N–H and O–H groups in total. The van der Waals surface area contributed by atoms with Crippen LogP contribution in [0.25, 0.3) is 0 Å². The van der Waals surface area contributed by atoms with E-state index in [1.807, 2.05) is 5.38 Å². The molecule has 0 saturated carbocycles. The van der Waals surface area contributed by atoms with Crippen molar-refractivity contribution in [3.8, 4) is 0 Å². The average Bonchev–Trinajstić information content (AvgIpc) is 2.68. The van der Waals surface area contributed by atoms with Crippen molar-refractivity contribution < 1.29 is 8.42 Å². The molecule has 7 heteroatoms. The molecule has 0 spiro atoms. The van der Waals surface area contributed by atoms with Crippen molar-refractivity contribution in [2.45, 2.75) is 19.4 Å². The first-order chi connectivity index (χ1) is 7.14. The Bertz CT molecular complexity index is 361. The maximum Gasteiger partial charge on any atom is 0.211 e. The van der Waals surface area contributed by atoms with Crippen molar-refractivity contribution in [3.63, 3.8) is 0 Å². The van der Waals surface area contributed by atoms with Crippen LogP contribution in [0.15, 0.2) is 11.6 Å². The number of hydrogen-bond donors (Lipinski definition) is 2. The molecular formula is C8H15N3O2S2. The molecule has 0 radical (unpaired) electrons. The Kier molecular flexibility index (Phi) is 5.16. The normalized spacial score (nSPS) is 11.8. The fourth-order valence-corrected chi connectivity index (χ4v) is 2.75. The van der Waals surface area contributed by atoms with Gasteiger partial charge in [0.25, 0.3) is 0 Å². The van der Waals surface area contributed by atoms with Crippen LogP contribution in [-0.4, -0.2) is 25.7 Å². The van der Waals surface area contributed by atoms with Crippen LogP contribution >= 0.6 is 11.3 Å². The SMILES string of the molecule is NCCCCS(=O)(=O)NCc1nccs1. The second kappa shape index (κ2) is 6.16. The Hall–Kier alpha value is -0.500. The zero-order valence-corrected chi connectivity index (χ0v) is 9.98. The molecule has 1 rings (SSSR count). The minimum absolute atomic E-state index is 0.134. The van der Waals surface area contributed by atoms with Crippen molar-refractivity contribution in [2.24, 2.45) is 5.73 Å². The molecule has 0 bridgehead atoms. The smallest absolute Gasteiger partial charge is 0.211 e. The lowest BCUT2D eigenvalue weighted by atomic mass is 10.3. The lowest BCUT2D eigenvalue weighted by Gasteiger charge is -2.04. The van der Waals surface area contributed by atoms with Gasteiger partial charge in [-0.15, -0.1) is 11.3 Å². The summed E-state index contributed by atoms with van der Waals surface area (Å²) in [6, 6.07) is 0. The highest BCUT2D eigenvalue weighted by molar-refractivity contribution is 7.89. The molecule has 86 valence electrons. The minimum Gasteiger partial charge on any atom is -0.330 e. The fraction of sp³-hybridized carbons (Fsp3) is 0.625. The van der Waals surface area contributed by atoms with Crippen molar-refractivity contribution in [1.82, 2.24) is 9.71 Å². The number of sulfonamides is 1. The Morgan fingerprint density at radius 3 is 2.87 bits per heavy atom. The minimum atomic E-state index is -3.17. The molecule has 0 atom stereocenters. The van der Waals surface area contributed by atoms with Gasteiger partial charge in [-0.3, -0.25) is 0 Å². The Balaban J connectivity index is 2.30. The van der Waals surface area contributed by atoms with Crippen LogP contribution in [0, 0.1) is 0 Å². The Morgan fingerprint density at radius 2 is 2.27 bits per heavy atom. The predicted octanol–water partition coefficient (Wildman–Crippen LogP) is 0.301. The maximum absolute atomic E-state index is 11.4. The zero-order chi connectivity index (χ0) is 11.1. The van der Waals surface area contributed by atoms with Gasteiger partial charge >= 0.3 is 0 Å². The van der Waals surface area contributed by atoms with E-state index in [1.54, 1.807) is 6.20 Å². The third kappa shape index (κ3) is 5.22. The predicted molar refractivity (Wildman–Crippen MR) is 61.0 cm³/mol. The van der Waals surface area contributed by atoms with Crippen LogP contribution in [0.5, 0.6) is 0 Å². The van der Waals surface area contributed by atoms with Crippen LogP contribution < -0.4 is 10.5 Å². The number of aromatic nitrogens is 1. The van der Waals surface area contributed by atoms with E-state index in [1.165, 1.54) is 11.3 Å². The zero-order valence-electron chi connectivity index (χ0n) is 8.35. The van der Waals surface area contributed by atoms with Gasteiger partial charge in [0.2, 0.25) is 10.0 Å². The molecular weight excluding hydrogens is 234 g/mol. The van der Waals surface area contributed by atoms with Crippen LogP contribution in [0.2, 0.25) is 0 Å². The first-order valence-corrected chi connectivity index (χ1v) is 7.23. The lowest BCUT2D eigenvalue weighted by molar-refractivity contribution is 0.577. The number of unbranched alkanes of at least 4 members (excludes halogenated alkanes) is 1. The van der Waals surface area contributed by atoms with Gasteiger partial charge in [-0.1, -0.05) is 0 Å². The topological polar surface area (TPSA) is 85.1 Å². The van der Waals surface area contributed by atoms with E-state index in [4.69, 9.17) is 5.73 Å². The highest BCUT2D eigenvalue weighted by Gasteiger charge is 2.09. The van der Waals surface area contributed by atoms with Gasteiger partial charge in [0, 0.05) is 11.6 Å². The monoisotopic (exact) mass is 249 g/mol. The standard InChI is InChI=1S/C8H15N3O2S2/c9-3-1-2-6-15(12,13)11-7-8-10-4-5-14-8/h4-5,11H,1-3,6-7,9H2. The lowest BCUT2D eigenvalue weighted by Crippen LogP contribution is -2.26. The van der Waals surface area contributed by atoms with Gasteiger partial charge < -0.3 is 5.73 Å². The molecule has 0 saturated heterocycles. The van der Waals surface area contributed by atoms with E-state index < -0.39 is 10.0 Å². The molecule has 15 heavy (non-hydrogen) atoms. The first-order valence-electron chi connectivity index (χ1n) is 4.70. The first kappa shape index (κ1) is 12.6. The number of hydrogen-bond acceptors (Lipinski definition) is 5. The van der Waals surface area contributed by atoms with E-state index >= 15 is 0 Å². The average molecular weight is 249 g/mol. The molecule has 0 aliphatic carbocycles. The molecule has 0 aliphatic heterocycles. The second-order valence-electron chi connectivity index (χ2n) is 3.06. The molecule has 1 heterocycles. The maximum atomic E-state index is 11.4. The summed E-state index contributed by atoms with van der Waals surface area (Å²) in [6.07, 6.45) is 2.99. The van der Waals surface area contributed by atoms with Crippen LogP contribution in [-0.2, 0) is 16.6 Å². The third-order valence-corrected chi connectivity index (χ3v) is 3.98. The molecule has 1 aromatic rings. The van der Waals surface area contributed by atoms with Gasteiger partial charge in [-0.05, 0) is 19.4 Å². The summed E-state index contributed by atoms with van der Waals surface area (Å²) < 4.78 is 25.4. The molecule has 0 amide bonds. The van der Waals surface area contributed by atoms with E-state index in [0.29, 0.717) is 13.0 Å². The van der Waals surface area contributed by atoms with Gasteiger partial charge in [-0.25, -0.2) is 18.1 Å². The van der Waals surface area contributed by atoms with Crippen LogP contribution in [0.3, 0.4) is 0 Å². The summed E-state index contributed by atoms with van der Waals surface area (Å²) in [5.74, 6) is 0.134. The number of nitrogens with one attached hydrogen (secondary N) is 1. The van der Waals surface area contributed by atoms with Crippen LogP contribution in [0.4, 0.5) is 0 Å². The summed E-state index contributed by atoms with van der Waals surface area (Å²) in [6.45, 7) is 0.810. The van der Waals surface area contributed by atoms with Gasteiger partial charge in [0.15, 0.2) is 0 Å². The quantitative estimate of drug-likeness (QED) is 0.681. The number of nitrogens with two attached hydrogens (primary N) is 1. The third-order valence-electron chi connectivity index (χ3n) is 1.79. The molecule has 0 aromatic carbocycles. The Labute approximate surface area is 93.8 Å². The molecule has 0 fully saturated rings. The van der Waals surface area contributed by atoms with Crippen molar-refractivity contribution in [3.05, 3.63) is 16.6 Å². The molecule has 0 aliphatic rings. The second-order valence-corrected chi connectivity index (χ2v) is 5.97. The van der Waals surface area contributed by atoms with Crippen molar-refractivity contribution in [2.75, 3.05) is 12.3 Å². The number of rotatable bonds is 7. The molecule has 0 unspecified atom stereocenters. The Morgan fingerprint density at radius 1 is 1.47 bits per heavy atom. The fourth-order valence-electron chi connectivity index (χ4n) is 1.02. The largest absolute Gasteiger partial charge is 0.330 e. The number of nitrogens with zero attached hydrogens (tertiary/aromatic N) is 1. The molecule has 1 aromatic heterocycles. The summed E-state index contributed by atoms with van der Waals surface area (Å²) in [4.78, 5) is 3.99. The molecule has 5 nitrogen and oxygen atoms in total. The van der Waals surface area contributed by atoms with Gasteiger partial charge in [0.1, 0.15) is 5.01 Å². The van der Waals surface area contributed by atoms with Gasteiger partial charge in [0.05, 0.1) is 12.3 Å². The summed E-state index contributed by atoms with van der Waals surface area (Å²) in [5.41, 5.74) is 5.29. The van der Waals surface area contributed by atoms with E-state index in [2.05, 4.69) is 9.71 Å². The number of thiazole rings is 1. The van der Waals surface area contributed by atoms with Crippen LogP contribution in [0.1, 0.15) is 17.8 Å². The van der Waals surface area contributed by atoms with E-state index in [-0.39, 0.29) is 12.3 Å².